The van der Waals surface area contributed by atoms with Crippen molar-refractivity contribution in [3.05, 3.63) is 35.4 Å². The Bertz CT molecular complexity index is 588. The van der Waals surface area contributed by atoms with Crippen LogP contribution in [0.1, 0.15) is 28.8 Å². The normalized spacial score (nSPS) is 17.6. The third kappa shape index (κ3) is 4.54. The highest BCUT2D eigenvalue weighted by Crippen LogP contribution is 2.18. The van der Waals surface area contributed by atoms with E-state index >= 15 is 0 Å². The fourth-order valence-corrected chi connectivity index (χ4v) is 3.36. The lowest BCUT2D eigenvalue weighted by Crippen LogP contribution is -2.41. The number of nitrogens with one attached hydrogen (secondary N) is 1. The first-order valence-corrected chi connectivity index (χ1v) is 9.01. The molecular weight excluding hydrogens is 288 g/mol. The second-order valence-electron chi connectivity index (χ2n) is 5.68. The van der Waals surface area contributed by atoms with Crippen molar-refractivity contribution in [3.8, 4) is 0 Å². The summed E-state index contributed by atoms with van der Waals surface area (Å²) in [5.74, 6) is 0.276. The maximum atomic E-state index is 12.0. The number of amides is 1. The van der Waals surface area contributed by atoms with E-state index in [1.807, 2.05) is 31.2 Å². The van der Waals surface area contributed by atoms with Gasteiger partial charge in [-0.25, -0.2) is 12.7 Å². The van der Waals surface area contributed by atoms with Crippen LogP contribution in [-0.2, 0) is 10.0 Å². The summed E-state index contributed by atoms with van der Waals surface area (Å²) < 4.78 is 24.4. The quantitative estimate of drug-likeness (QED) is 0.914. The molecule has 1 aromatic carbocycles. The second-order valence-corrected chi connectivity index (χ2v) is 7.66. The smallest absolute Gasteiger partial charge is 0.251 e. The van der Waals surface area contributed by atoms with Crippen molar-refractivity contribution >= 4 is 15.9 Å². The molecule has 21 heavy (non-hydrogen) atoms. The molecule has 0 atom stereocenters. The van der Waals surface area contributed by atoms with E-state index in [9.17, 15) is 13.2 Å². The van der Waals surface area contributed by atoms with Crippen LogP contribution in [0.4, 0.5) is 0 Å². The number of aryl methyl sites for hydroxylation is 1. The Kier molecular flexibility index (Phi) is 5.00. The molecule has 6 heteroatoms. The predicted octanol–water partition coefficient (Wildman–Crippen LogP) is 1.40. The van der Waals surface area contributed by atoms with Gasteiger partial charge in [-0.15, -0.1) is 0 Å². The minimum atomic E-state index is -3.08. The maximum absolute atomic E-state index is 12.0. The van der Waals surface area contributed by atoms with Gasteiger partial charge in [0.15, 0.2) is 0 Å². The van der Waals surface area contributed by atoms with Crippen molar-refractivity contribution < 1.29 is 13.2 Å². The number of carbonyl (C=O) groups excluding carboxylic acids is 1. The van der Waals surface area contributed by atoms with E-state index in [2.05, 4.69) is 5.32 Å². The standard InChI is InChI=1S/C15H22N2O3S/c1-12-3-5-14(6-4-12)15(18)16-11-13-7-9-17(10-8-13)21(2,19)20/h3-6,13H,7-11H2,1-2H3,(H,16,18). The predicted molar refractivity (Wildman–Crippen MR) is 82.7 cm³/mol. The zero-order valence-corrected chi connectivity index (χ0v) is 13.3. The molecule has 0 saturated carbocycles. The average molecular weight is 310 g/mol. The molecule has 116 valence electrons. The number of nitrogens with zero attached hydrogens (tertiary/aromatic N) is 1. The molecule has 0 unspecified atom stereocenters. The Morgan fingerprint density at radius 2 is 1.81 bits per heavy atom. The molecule has 0 aromatic heterocycles. The van der Waals surface area contributed by atoms with Gasteiger partial charge in [0.2, 0.25) is 10.0 Å². The summed E-state index contributed by atoms with van der Waals surface area (Å²) in [6.45, 7) is 3.68. The van der Waals surface area contributed by atoms with Crippen LogP contribution in [0.2, 0.25) is 0 Å². The van der Waals surface area contributed by atoms with Crippen molar-refractivity contribution in [2.45, 2.75) is 19.8 Å². The number of sulfonamides is 1. The van der Waals surface area contributed by atoms with Gasteiger partial charge in [0.25, 0.3) is 5.91 Å². The molecule has 1 saturated heterocycles. The van der Waals surface area contributed by atoms with E-state index in [4.69, 9.17) is 0 Å². The Morgan fingerprint density at radius 3 is 2.33 bits per heavy atom. The van der Waals surface area contributed by atoms with Crippen molar-refractivity contribution in [1.29, 1.82) is 0 Å². The zero-order chi connectivity index (χ0) is 15.5. The van der Waals surface area contributed by atoms with Gasteiger partial charge in [-0.05, 0) is 37.8 Å². The van der Waals surface area contributed by atoms with Crippen LogP contribution >= 0.6 is 0 Å². The van der Waals surface area contributed by atoms with Crippen molar-refractivity contribution in [2.24, 2.45) is 5.92 Å². The van der Waals surface area contributed by atoms with Gasteiger partial charge in [0.1, 0.15) is 0 Å². The Labute approximate surface area is 126 Å². The SMILES string of the molecule is Cc1ccc(C(=O)NCC2CCN(S(C)(=O)=O)CC2)cc1. The highest BCUT2D eigenvalue weighted by atomic mass is 32.2. The molecular formula is C15H22N2O3S. The summed E-state index contributed by atoms with van der Waals surface area (Å²) in [6.07, 6.45) is 2.83. The van der Waals surface area contributed by atoms with E-state index in [0.29, 0.717) is 31.1 Å². The summed E-state index contributed by atoms with van der Waals surface area (Å²) in [4.78, 5) is 12.0. The van der Waals surface area contributed by atoms with E-state index in [1.165, 1.54) is 10.6 Å². The first kappa shape index (κ1) is 16.0. The molecule has 0 bridgehead atoms. The molecule has 0 aliphatic carbocycles. The summed E-state index contributed by atoms with van der Waals surface area (Å²) in [5.41, 5.74) is 1.79. The van der Waals surface area contributed by atoms with Crippen LogP contribution in [0.5, 0.6) is 0 Å². The van der Waals surface area contributed by atoms with E-state index in [-0.39, 0.29) is 5.91 Å². The van der Waals surface area contributed by atoms with E-state index in [1.54, 1.807) is 0 Å². The van der Waals surface area contributed by atoms with Crippen molar-refractivity contribution in [3.63, 3.8) is 0 Å². The summed E-state index contributed by atoms with van der Waals surface area (Å²) >= 11 is 0. The molecule has 1 aliphatic rings. The maximum Gasteiger partial charge on any atom is 0.251 e. The molecule has 1 amide bonds. The van der Waals surface area contributed by atoms with Gasteiger partial charge in [0.05, 0.1) is 6.26 Å². The van der Waals surface area contributed by atoms with E-state index < -0.39 is 10.0 Å². The molecule has 1 fully saturated rings. The van der Waals surface area contributed by atoms with E-state index in [0.717, 1.165) is 18.4 Å². The van der Waals surface area contributed by atoms with Gasteiger partial charge in [0, 0.05) is 25.2 Å². The topological polar surface area (TPSA) is 66.5 Å². The summed E-state index contributed by atoms with van der Waals surface area (Å²) in [7, 11) is -3.08. The minimum absolute atomic E-state index is 0.0689. The number of hydrogen-bond acceptors (Lipinski definition) is 3. The highest BCUT2D eigenvalue weighted by Gasteiger charge is 2.25. The van der Waals surface area contributed by atoms with Gasteiger partial charge in [-0.3, -0.25) is 4.79 Å². The fraction of sp³-hybridized carbons (Fsp3) is 0.533. The lowest BCUT2D eigenvalue weighted by Gasteiger charge is -2.30. The monoisotopic (exact) mass is 310 g/mol. The first-order valence-electron chi connectivity index (χ1n) is 7.16. The Hall–Kier alpha value is -1.40. The summed E-state index contributed by atoms with van der Waals surface area (Å²) in [6, 6.07) is 7.47. The molecule has 1 aromatic rings. The third-order valence-corrected chi connectivity index (χ3v) is 5.21. The third-order valence-electron chi connectivity index (χ3n) is 3.91. The van der Waals surface area contributed by atoms with Crippen LogP contribution in [0.15, 0.2) is 24.3 Å². The molecule has 1 heterocycles. The Balaban J connectivity index is 1.79. The van der Waals surface area contributed by atoms with Crippen molar-refractivity contribution in [1.82, 2.24) is 9.62 Å². The average Bonchev–Trinajstić information content (AvgIpc) is 2.45. The Morgan fingerprint density at radius 1 is 1.24 bits per heavy atom. The van der Waals surface area contributed by atoms with Crippen LogP contribution in [0.25, 0.3) is 0 Å². The first-order chi connectivity index (χ1) is 9.86. The van der Waals surface area contributed by atoms with Gasteiger partial charge < -0.3 is 5.32 Å². The molecule has 0 radical (unpaired) electrons. The van der Waals surface area contributed by atoms with Crippen LogP contribution < -0.4 is 5.32 Å². The summed E-state index contributed by atoms with van der Waals surface area (Å²) in [5, 5.41) is 2.93. The van der Waals surface area contributed by atoms with Crippen LogP contribution in [0, 0.1) is 12.8 Å². The van der Waals surface area contributed by atoms with Crippen LogP contribution in [0.3, 0.4) is 0 Å². The second kappa shape index (κ2) is 6.58. The molecule has 5 nitrogen and oxygen atoms in total. The largest absolute Gasteiger partial charge is 0.352 e. The fourth-order valence-electron chi connectivity index (χ4n) is 2.49. The van der Waals surface area contributed by atoms with Gasteiger partial charge >= 0.3 is 0 Å². The van der Waals surface area contributed by atoms with Gasteiger partial charge in [-0.1, -0.05) is 17.7 Å². The number of carbonyl (C=O) groups is 1. The number of hydrogen-bond donors (Lipinski definition) is 1. The lowest BCUT2D eigenvalue weighted by atomic mass is 9.98. The number of rotatable bonds is 4. The van der Waals surface area contributed by atoms with Gasteiger partial charge in [-0.2, -0.15) is 0 Å². The zero-order valence-electron chi connectivity index (χ0n) is 12.5. The van der Waals surface area contributed by atoms with Crippen molar-refractivity contribution in [2.75, 3.05) is 25.9 Å². The number of benzene rings is 1. The molecule has 1 aliphatic heterocycles. The number of piperidine rings is 1. The van der Waals surface area contributed by atoms with Crippen LogP contribution in [-0.4, -0.2) is 44.5 Å². The molecule has 0 spiro atoms. The minimum Gasteiger partial charge on any atom is -0.352 e. The molecule has 2 rings (SSSR count). The highest BCUT2D eigenvalue weighted by molar-refractivity contribution is 7.88. The molecule has 1 N–H and O–H groups in total. The lowest BCUT2D eigenvalue weighted by molar-refractivity contribution is 0.0941.